The largest absolute Gasteiger partial charge is 0.508 e. The van der Waals surface area contributed by atoms with Crippen molar-refractivity contribution in [3.8, 4) is 5.75 Å². The monoisotopic (exact) mass is 351 g/mol. The molecule has 1 heterocycles. The van der Waals surface area contributed by atoms with Crippen molar-refractivity contribution < 1.29 is 5.11 Å². The summed E-state index contributed by atoms with van der Waals surface area (Å²) in [5, 5.41) is 10.1. The molecule has 0 spiro atoms. The Kier molecular flexibility index (Phi) is 4.35. The Hall–Kier alpha value is -1.28. The van der Waals surface area contributed by atoms with Crippen molar-refractivity contribution in [2.24, 2.45) is 5.92 Å². The third kappa shape index (κ3) is 2.72. The predicted molar refractivity (Wildman–Crippen MR) is 107 cm³/mol. The minimum atomic E-state index is 0.357. The molecule has 1 N–H and O–H groups in total. The van der Waals surface area contributed by atoms with E-state index in [4.69, 9.17) is 0 Å². The van der Waals surface area contributed by atoms with Crippen molar-refractivity contribution in [1.29, 1.82) is 0 Å². The minimum absolute atomic E-state index is 0.357. The topological polar surface area (TPSA) is 23.5 Å². The average Bonchev–Trinajstić information content (AvgIpc) is 2.69. The van der Waals surface area contributed by atoms with Gasteiger partial charge in [-0.05, 0) is 93.5 Å². The summed E-state index contributed by atoms with van der Waals surface area (Å²) in [6.07, 6.45) is 17.2. The second kappa shape index (κ2) is 6.71. The molecule has 0 aromatic heterocycles. The van der Waals surface area contributed by atoms with Crippen molar-refractivity contribution in [3.05, 3.63) is 41.0 Å². The van der Waals surface area contributed by atoms with Gasteiger partial charge in [-0.15, -0.1) is 0 Å². The van der Waals surface area contributed by atoms with Crippen LogP contribution in [-0.4, -0.2) is 29.1 Å². The zero-order valence-corrected chi connectivity index (χ0v) is 16.1. The first-order valence-electron chi connectivity index (χ1n) is 11.0. The first kappa shape index (κ1) is 16.9. The zero-order chi connectivity index (χ0) is 17.6. The highest BCUT2D eigenvalue weighted by molar-refractivity contribution is 5.45. The maximum absolute atomic E-state index is 10.1. The maximum Gasteiger partial charge on any atom is 0.115 e. The Balaban J connectivity index is 1.42. The Morgan fingerprint density at radius 2 is 2.08 bits per heavy atom. The maximum atomic E-state index is 10.1. The van der Waals surface area contributed by atoms with Crippen LogP contribution in [0.15, 0.2) is 29.8 Å². The first-order chi connectivity index (χ1) is 12.8. The van der Waals surface area contributed by atoms with E-state index in [1.807, 2.05) is 6.07 Å². The highest BCUT2D eigenvalue weighted by atomic mass is 16.3. The van der Waals surface area contributed by atoms with E-state index in [2.05, 4.69) is 23.1 Å². The summed E-state index contributed by atoms with van der Waals surface area (Å²) in [7, 11) is 0. The lowest BCUT2D eigenvalue weighted by atomic mass is 9.52. The molecule has 2 fully saturated rings. The number of phenols is 1. The van der Waals surface area contributed by atoms with Gasteiger partial charge in [-0.3, -0.25) is 4.90 Å². The van der Waals surface area contributed by atoms with Crippen molar-refractivity contribution in [1.82, 2.24) is 4.90 Å². The van der Waals surface area contributed by atoms with Crippen LogP contribution in [0.2, 0.25) is 0 Å². The van der Waals surface area contributed by atoms with Gasteiger partial charge in [-0.25, -0.2) is 0 Å². The van der Waals surface area contributed by atoms with E-state index < -0.39 is 0 Å². The van der Waals surface area contributed by atoms with Crippen LogP contribution in [0, 0.1) is 5.92 Å². The Bertz CT molecular complexity index is 708. The van der Waals surface area contributed by atoms with Gasteiger partial charge >= 0.3 is 0 Å². The van der Waals surface area contributed by atoms with Crippen LogP contribution in [0.5, 0.6) is 5.75 Å². The number of phenolic OH excluding ortho intramolecular Hbond substituents is 1. The molecule has 26 heavy (non-hydrogen) atoms. The van der Waals surface area contributed by atoms with Crippen molar-refractivity contribution in [2.75, 3.05) is 13.1 Å². The van der Waals surface area contributed by atoms with Crippen LogP contribution in [-0.2, 0) is 11.8 Å². The van der Waals surface area contributed by atoms with Crippen LogP contribution in [0.4, 0.5) is 0 Å². The van der Waals surface area contributed by atoms with Crippen LogP contribution in [0.25, 0.3) is 0 Å². The summed E-state index contributed by atoms with van der Waals surface area (Å²) in [6.45, 7) is 2.51. The smallest absolute Gasteiger partial charge is 0.115 e. The summed E-state index contributed by atoms with van der Waals surface area (Å²) in [5.41, 5.74) is 5.11. The van der Waals surface area contributed by atoms with Gasteiger partial charge in [0.15, 0.2) is 0 Å². The molecule has 1 saturated carbocycles. The number of allylic oxidation sites excluding steroid dienone is 1. The Morgan fingerprint density at radius 3 is 2.96 bits per heavy atom. The van der Waals surface area contributed by atoms with Gasteiger partial charge in [0, 0.05) is 18.0 Å². The van der Waals surface area contributed by atoms with Crippen molar-refractivity contribution >= 4 is 0 Å². The van der Waals surface area contributed by atoms with Gasteiger partial charge in [0.1, 0.15) is 5.75 Å². The molecular weight excluding hydrogens is 318 g/mol. The van der Waals surface area contributed by atoms with E-state index in [0.29, 0.717) is 11.2 Å². The highest BCUT2D eigenvalue weighted by Gasteiger charge is 2.53. The number of hydrogen-bond donors (Lipinski definition) is 1. The summed E-state index contributed by atoms with van der Waals surface area (Å²) in [4.78, 5) is 2.85. The summed E-state index contributed by atoms with van der Waals surface area (Å²) < 4.78 is 0. The fraction of sp³-hybridized carbons (Fsp3) is 0.667. The lowest BCUT2D eigenvalue weighted by molar-refractivity contribution is -0.0108. The quantitative estimate of drug-likeness (QED) is 0.743. The van der Waals surface area contributed by atoms with Gasteiger partial charge in [0.05, 0.1) is 0 Å². The third-order valence-corrected chi connectivity index (χ3v) is 8.04. The van der Waals surface area contributed by atoms with Crippen LogP contribution >= 0.6 is 0 Å². The molecule has 2 nitrogen and oxygen atoms in total. The van der Waals surface area contributed by atoms with E-state index in [1.54, 1.807) is 5.57 Å². The lowest BCUT2D eigenvalue weighted by Gasteiger charge is -2.59. The number of piperidine rings is 1. The third-order valence-electron chi connectivity index (χ3n) is 8.04. The molecule has 1 aromatic carbocycles. The molecule has 3 atom stereocenters. The number of likely N-dealkylation sites (tertiary alicyclic amines) is 1. The zero-order valence-electron chi connectivity index (χ0n) is 16.1. The molecule has 2 bridgehead atoms. The molecular formula is C24H33NO. The van der Waals surface area contributed by atoms with Gasteiger partial charge in [0.25, 0.3) is 0 Å². The van der Waals surface area contributed by atoms with Crippen molar-refractivity contribution in [3.63, 3.8) is 0 Å². The fourth-order valence-electron chi connectivity index (χ4n) is 6.77. The molecule has 0 unspecified atom stereocenters. The second-order valence-corrected chi connectivity index (χ2v) is 9.27. The molecule has 2 heteroatoms. The number of aromatic hydroxyl groups is 1. The Labute approximate surface area is 158 Å². The van der Waals surface area contributed by atoms with Crippen LogP contribution < -0.4 is 0 Å². The predicted octanol–water partition coefficient (Wildman–Crippen LogP) is 5.34. The highest BCUT2D eigenvalue weighted by Crippen LogP contribution is 2.56. The van der Waals surface area contributed by atoms with Gasteiger partial charge in [-0.1, -0.05) is 30.6 Å². The number of nitrogens with zero attached hydrogens (tertiary/aromatic N) is 1. The van der Waals surface area contributed by atoms with Gasteiger partial charge in [0.2, 0.25) is 0 Å². The van der Waals surface area contributed by atoms with Gasteiger partial charge < -0.3 is 5.11 Å². The molecule has 0 amide bonds. The molecule has 5 rings (SSSR count). The van der Waals surface area contributed by atoms with E-state index >= 15 is 0 Å². The molecule has 1 aliphatic heterocycles. The average molecular weight is 352 g/mol. The molecule has 4 aliphatic rings. The molecule has 0 radical (unpaired) electrons. The second-order valence-electron chi connectivity index (χ2n) is 9.27. The minimum Gasteiger partial charge on any atom is -0.508 e. The summed E-state index contributed by atoms with van der Waals surface area (Å²) >= 11 is 0. The lowest BCUT2D eigenvalue weighted by Crippen LogP contribution is -2.61. The molecule has 3 aliphatic carbocycles. The van der Waals surface area contributed by atoms with E-state index in [1.165, 1.54) is 94.8 Å². The molecule has 1 aromatic rings. The first-order valence-corrected chi connectivity index (χ1v) is 11.0. The van der Waals surface area contributed by atoms with E-state index in [-0.39, 0.29) is 0 Å². The van der Waals surface area contributed by atoms with Crippen LogP contribution in [0.1, 0.15) is 75.3 Å². The molecule has 1 saturated heterocycles. The number of rotatable bonds is 3. The van der Waals surface area contributed by atoms with E-state index in [0.717, 1.165) is 12.0 Å². The standard InChI is InChI=1S/C24H33NO/c26-20-10-9-19-16-23-21-8-4-5-12-24(21,22(19)17-20)13-15-25(23)14-11-18-6-2-1-3-7-18/h6,9-10,17,21,23,26H,1-5,7-8,11-16H2/t21-,23-,24+/m0/s1. The number of hydrogen-bond acceptors (Lipinski definition) is 2. The fourth-order valence-corrected chi connectivity index (χ4v) is 6.77. The number of benzene rings is 1. The SMILES string of the molecule is Oc1ccc2c(c1)[C@@]13CCCC[C@H]1[C@H](C2)N(CCC1=CCCCC1)CC3. The Morgan fingerprint density at radius 1 is 1.12 bits per heavy atom. The number of fused-ring (bicyclic) bond motifs is 1. The van der Waals surface area contributed by atoms with Crippen LogP contribution in [0.3, 0.4) is 0 Å². The normalized spacial score (nSPS) is 33.9. The summed E-state index contributed by atoms with van der Waals surface area (Å²) in [5.74, 6) is 1.27. The van der Waals surface area contributed by atoms with Gasteiger partial charge in [-0.2, -0.15) is 0 Å². The van der Waals surface area contributed by atoms with E-state index in [9.17, 15) is 5.11 Å². The molecule has 140 valence electrons. The van der Waals surface area contributed by atoms with Crippen molar-refractivity contribution in [2.45, 2.75) is 82.1 Å². The summed E-state index contributed by atoms with van der Waals surface area (Å²) in [6, 6.07) is 6.97.